The van der Waals surface area contributed by atoms with Crippen LogP contribution in [0.4, 0.5) is 0 Å². The van der Waals surface area contributed by atoms with Crippen LogP contribution in [0.5, 0.6) is 0 Å². The van der Waals surface area contributed by atoms with Crippen LogP contribution in [0.2, 0.25) is 0 Å². The van der Waals surface area contributed by atoms with Crippen LogP contribution in [-0.2, 0) is 4.74 Å². The van der Waals surface area contributed by atoms with Crippen molar-refractivity contribution in [2.24, 2.45) is 11.3 Å². The van der Waals surface area contributed by atoms with Crippen LogP contribution in [0.15, 0.2) is 0 Å². The van der Waals surface area contributed by atoms with Crippen molar-refractivity contribution < 1.29 is 4.74 Å². The van der Waals surface area contributed by atoms with Gasteiger partial charge in [0.05, 0.1) is 6.61 Å². The maximum absolute atomic E-state index is 5.67. The lowest BCUT2D eigenvalue weighted by Gasteiger charge is -2.46. The van der Waals surface area contributed by atoms with Crippen LogP contribution in [0, 0.1) is 11.3 Å². The molecule has 2 heteroatoms. The fourth-order valence-electron chi connectivity index (χ4n) is 3.00. The molecule has 76 valence electrons. The van der Waals surface area contributed by atoms with Crippen LogP contribution >= 0.6 is 0 Å². The first-order valence-electron chi connectivity index (χ1n) is 5.66. The van der Waals surface area contributed by atoms with E-state index in [4.69, 9.17) is 4.74 Å². The maximum Gasteiger partial charge on any atom is 0.0526 e. The Morgan fingerprint density at radius 2 is 2.38 bits per heavy atom. The Hall–Kier alpha value is -0.0800. The highest BCUT2D eigenvalue weighted by molar-refractivity contribution is 4.92. The molecule has 0 aromatic heterocycles. The van der Waals surface area contributed by atoms with E-state index in [1.807, 2.05) is 0 Å². The summed E-state index contributed by atoms with van der Waals surface area (Å²) in [4.78, 5) is 0. The van der Waals surface area contributed by atoms with Gasteiger partial charge in [-0.1, -0.05) is 13.3 Å². The average molecular weight is 183 g/mol. The summed E-state index contributed by atoms with van der Waals surface area (Å²) in [6, 6.07) is 0. The Kier molecular flexibility index (Phi) is 2.89. The van der Waals surface area contributed by atoms with E-state index in [0.29, 0.717) is 5.41 Å². The molecule has 0 radical (unpaired) electrons. The van der Waals surface area contributed by atoms with Crippen LogP contribution in [0.25, 0.3) is 0 Å². The highest BCUT2D eigenvalue weighted by Gasteiger charge is 2.40. The van der Waals surface area contributed by atoms with Gasteiger partial charge in [-0.15, -0.1) is 0 Å². The van der Waals surface area contributed by atoms with Crippen molar-refractivity contribution in [3.63, 3.8) is 0 Å². The third-order valence-corrected chi connectivity index (χ3v) is 3.90. The molecule has 2 saturated heterocycles. The van der Waals surface area contributed by atoms with E-state index in [1.165, 1.54) is 38.8 Å². The minimum atomic E-state index is 0.540. The summed E-state index contributed by atoms with van der Waals surface area (Å²) in [5.74, 6) is 0.849. The molecular formula is C11H21NO. The van der Waals surface area contributed by atoms with Gasteiger partial charge in [0.15, 0.2) is 0 Å². The second-order valence-electron chi connectivity index (χ2n) is 4.58. The minimum Gasteiger partial charge on any atom is -0.381 e. The van der Waals surface area contributed by atoms with Crippen molar-refractivity contribution in [3.05, 3.63) is 0 Å². The lowest BCUT2D eigenvalue weighted by atomic mass is 9.66. The third kappa shape index (κ3) is 1.75. The fraction of sp³-hybridized carbons (Fsp3) is 1.00. The number of ether oxygens (including phenoxy) is 1. The molecule has 0 bridgehead atoms. The Balaban J connectivity index is 2.06. The summed E-state index contributed by atoms with van der Waals surface area (Å²) in [6.45, 7) is 6.73. The van der Waals surface area contributed by atoms with E-state index in [0.717, 1.165) is 19.1 Å². The highest BCUT2D eigenvalue weighted by Crippen LogP contribution is 2.42. The molecule has 2 atom stereocenters. The zero-order valence-electron chi connectivity index (χ0n) is 8.64. The molecule has 1 spiro atoms. The molecule has 0 aromatic carbocycles. The predicted molar refractivity (Wildman–Crippen MR) is 53.8 cm³/mol. The van der Waals surface area contributed by atoms with Crippen molar-refractivity contribution in [3.8, 4) is 0 Å². The van der Waals surface area contributed by atoms with Gasteiger partial charge in [0.2, 0.25) is 0 Å². The van der Waals surface area contributed by atoms with Gasteiger partial charge in [-0.05, 0) is 43.7 Å². The predicted octanol–water partition coefficient (Wildman–Crippen LogP) is 1.80. The molecule has 13 heavy (non-hydrogen) atoms. The van der Waals surface area contributed by atoms with Gasteiger partial charge in [0, 0.05) is 6.61 Å². The number of hydrogen-bond donors (Lipinski definition) is 1. The quantitative estimate of drug-likeness (QED) is 0.669. The molecule has 2 aliphatic heterocycles. The molecule has 0 amide bonds. The van der Waals surface area contributed by atoms with Gasteiger partial charge >= 0.3 is 0 Å². The van der Waals surface area contributed by atoms with E-state index in [-0.39, 0.29) is 0 Å². The minimum absolute atomic E-state index is 0.540. The Morgan fingerprint density at radius 3 is 3.08 bits per heavy atom. The molecule has 2 heterocycles. The van der Waals surface area contributed by atoms with Gasteiger partial charge in [-0.2, -0.15) is 0 Å². The lowest BCUT2D eigenvalue weighted by molar-refractivity contribution is -0.0583. The average Bonchev–Trinajstić information content (AvgIpc) is 2.20. The zero-order valence-corrected chi connectivity index (χ0v) is 8.64. The maximum atomic E-state index is 5.67. The summed E-state index contributed by atoms with van der Waals surface area (Å²) >= 11 is 0. The van der Waals surface area contributed by atoms with Crippen LogP contribution < -0.4 is 5.32 Å². The zero-order chi connectivity index (χ0) is 9.15. The molecule has 2 aliphatic rings. The van der Waals surface area contributed by atoms with Crippen LogP contribution in [0.3, 0.4) is 0 Å². The van der Waals surface area contributed by atoms with Gasteiger partial charge < -0.3 is 10.1 Å². The lowest BCUT2D eigenvalue weighted by Crippen LogP contribution is -2.49. The molecule has 2 unspecified atom stereocenters. The van der Waals surface area contributed by atoms with E-state index in [9.17, 15) is 0 Å². The number of hydrogen-bond acceptors (Lipinski definition) is 2. The standard InChI is InChI=1S/C11H21NO/c1-2-10-8-12-6-5-11(10)4-3-7-13-9-11/h10,12H,2-9H2,1H3. The number of piperidine rings is 1. The third-order valence-electron chi connectivity index (χ3n) is 3.90. The van der Waals surface area contributed by atoms with Crippen molar-refractivity contribution >= 4 is 0 Å². The van der Waals surface area contributed by atoms with E-state index < -0.39 is 0 Å². The van der Waals surface area contributed by atoms with Crippen molar-refractivity contribution in [2.45, 2.75) is 32.6 Å². The smallest absolute Gasteiger partial charge is 0.0526 e. The molecule has 1 N–H and O–H groups in total. The molecular weight excluding hydrogens is 162 g/mol. The van der Waals surface area contributed by atoms with E-state index >= 15 is 0 Å². The summed E-state index contributed by atoms with van der Waals surface area (Å²) < 4.78 is 5.67. The molecule has 0 aromatic rings. The molecule has 2 rings (SSSR count). The van der Waals surface area contributed by atoms with E-state index in [1.54, 1.807) is 0 Å². The van der Waals surface area contributed by atoms with E-state index in [2.05, 4.69) is 12.2 Å². The fourth-order valence-corrected chi connectivity index (χ4v) is 3.00. The van der Waals surface area contributed by atoms with Crippen molar-refractivity contribution in [1.29, 1.82) is 0 Å². The van der Waals surface area contributed by atoms with Crippen molar-refractivity contribution in [2.75, 3.05) is 26.3 Å². The first-order chi connectivity index (χ1) is 6.37. The Morgan fingerprint density at radius 1 is 1.46 bits per heavy atom. The Bertz CT molecular complexity index is 155. The highest BCUT2D eigenvalue weighted by atomic mass is 16.5. The normalized spacial score (nSPS) is 40.8. The van der Waals surface area contributed by atoms with Crippen LogP contribution in [0.1, 0.15) is 32.6 Å². The second kappa shape index (κ2) is 3.97. The van der Waals surface area contributed by atoms with Crippen molar-refractivity contribution in [1.82, 2.24) is 5.32 Å². The summed E-state index contributed by atoms with van der Waals surface area (Å²) in [7, 11) is 0. The number of rotatable bonds is 1. The molecule has 2 nitrogen and oxygen atoms in total. The SMILES string of the molecule is CCC1CNCCC12CCCOC2. The van der Waals surface area contributed by atoms with Gasteiger partial charge in [-0.25, -0.2) is 0 Å². The number of nitrogens with one attached hydrogen (secondary N) is 1. The van der Waals surface area contributed by atoms with Gasteiger partial charge in [0.25, 0.3) is 0 Å². The monoisotopic (exact) mass is 183 g/mol. The largest absolute Gasteiger partial charge is 0.381 e. The second-order valence-corrected chi connectivity index (χ2v) is 4.58. The first kappa shape index (κ1) is 9.47. The molecule has 2 fully saturated rings. The topological polar surface area (TPSA) is 21.3 Å². The van der Waals surface area contributed by atoms with Gasteiger partial charge in [0.1, 0.15) is 0 Å². The van der Waals surface area contributed by atoms with Gasteiger partial charge in [-0.3, -0.25) is 0 Å². The molecule has 0 saturated carbocycles. The van der Waals surface area contributed by atoms with Crippen LogP contribution in [-0.4, -0.2) is 26.3 Å². The Labute approximate surface area is 81.0 Å². The summed E-state index contributed by atoms with van der Waals surface area (Å²) in [5, 5.41) is 3.50. The summed E-state index contributed by atoms with van der Waals surface area (Å²) in [6.07, 6.45) is 5.30. The summed E-state index contributed by atoms with van der Waals surface area (Å²) in [5.41, 5.74) is 0.540. The first-order valence-corrected chi connectivity index (χ1v) is 5.66. The molecule has 0 aliphatic carbocycles.